The molecular weight excluding hydrogens is 416 g/mol. The molecule has 0 bridgehead atoms. The molecular formula is C19H21ClN4O4S. The first-order valence-corrected chi connectivity index (χ1v) is 10.4. The molecule has 1 atom stereocenters. The third-order valence-corrected chi connectivity index (χ3v) is 5.65. The van der Waals surface area contributed by atoms with Crippen LogP contribution in [0, 0.1) is 0 Å². The van der Waals surface area contributed by atoms with Crippen LogP contribution in [0.3, 0.4) is 0 Å². The van der Waals surface area contributed by atoms with Gasteiger partial charge < -0.3 is 15.4 Å². The van der Waals surface area contributed by atoms with E-state index in [1.165, 1.54) is 17.8 Å². The Morgan fingerprint density at radius 1 is 1.34 bits per heavy atom. The summed E-state index contributed by atoms with van der Waals surface area (Å²) in [4.78, 5) is 41.1. The Labute approximate surface area is 177 Å². The van der Waals surface area contributed by atoms with Crippen LogP contribution < -0.4 is 16.2 Å². The maximum atomic E-state index is 12.5. The number of nitrogens with zero attached hydrogens (tertiary/aromatic N) is 2. The van der Waals surface area contributed by atoms with Crippen LogP contribution in [0.15, 0.2) is 40.4 Å². The van der Waals surface area contributed by atoms with Crippen LogP contribution in [0.25, 0.3) is 0 Å². The van der Waals surface area contributed by atoms with Gasteiger partial charge in [0.2, 0.25) is 5.91 Å². The van der Waals surface area contributed by atoms with Crippen LogP contribution in [-0.4, -0.2) is 46.4 Å². The molecule has 0 saturated carbocycles. The normalized spacial score (nSPS) is 15.9. The van der Waals surface area contributed by atoms with E-state index in [-0.39, 0.29) is 23.3 Å². The maximum absolute atomic E-state index is 12.5. The van der Waals surface area contributed by atoms with Crippen molar-refractivity contribution < 1.29 is 14.3 Å². The number of nitrogens with one attached hydrogen (secondary N) is 2. The second-order valence-electron chi connectivity index (χ2n) is 6.51. The Morgan fingerprint density at radius 2 is 2.10 bits per heavy atom. The smallest absolute Gasteiger partial charge is 0.266 e. The van der Waals surface area contributed by atoms with Gasteiger partial charge in [0, 0.05) is 37.1 Å². The molecule has 29 heavy (non-hydrogen) atoms. The minimum Gasteiger partial charge on any atom is -0.376 e. The molecule has 0 aliphatic carbocycles. The molecule has 1 saturated heterocycles. The highest BCUT2D eigenvalue weighted by Crippen LogP contribution is 2.16. The van der Waals surface area contributed by atoms with Crippen molar-refractivity contribution in [2.24, 2.45) is 7.05 Å². The SMILES string of the molecule is Cn1c(SCC(=O)NC[C@H]2CCCO2)ncc(C(=O)Nc2ccc(Cl)cc2)c1=O. The van der Waals surface area contributed by atoms with Gasteiger partial charge >= 0.3 is 0 Å². The van der Waals surface area contributed by atoms with Crippen molar-refractivity contribution in [2.45, 2.75) is 24.1 Å². The highest BCUT2D eigenvalue weighted by Gasteiger charge is 2.18. The first-order chi connectivity index (χ1) is 13.9. The predicted octanol–water partition coefficient (Wildman–Crippen LogP) is 2.07. The van der Waals surface area contributed by atoms with Crippen LogP contribution in [0.1, 0.15) is 23.2 Å². The van der Waals surface area contributed by atoms with E-state index in [2.05, 4.69) is 15.6 Å². The summed E-state index contributed by atoms with van der Waals surface area (Å²) in [5, 5.41) is 6.34. The minimum absolute atomic E-state index is 0.0740. The molecule has 10 heteroatoms. The molecule has 2 amide bonds. The van der Waals surface area contributed by atoms with Crippen LogP contribution in [0.2, 0.25) is 5.02 Å². The highest BCUT2D eigenvalue weighted by molar-refractivity contribution is 7.99. The molecule has 2 aromatic rings. The van der Waals surface area contributed by atoms with E-state index in [9.17, 15) is 14.4 Å². The van der Waals surface area contributed by atoms with Gasteiger partial charge in [-0.15, -0.1) is 0 Å². The summed E-state index contributed by atoms with van der Waals surface area (Å²) >= 11 is 6.95. The third-order valence-electron chi connectivity index (χ3n) is 4.36. The van der Waals surface area contributed by atoms with E-state index in [1.54, 1.807) is 24.3 Å². The van der Waals surface area contributed by atoms with Gasteiger partial charge in [0.25, 0.3) is 11.5 Å². The first kappa shape index (κ1) is 21.4. The Bertz CT molecular complexity index is 942. The van der Waals surface area contributed by atoms with Gasteiger partial charge in [-0.1, -0.05) is 23.4 Å². The Morgan fingerprint density at radius 3 is 2.79 bits per heavy atom. The number of carbonyl (C=O) groups excluding carboxylic acids is 2. The van der Waals surface area contributed by atoms with Crippen molar-refractivity contribution in [3.05, 3.63) is 51.4 Å². The van der Waals surface area contributed by atoms with Crippen LogP contribution in [0.4, 0.5) is 5.69 Å². The Balaban J connectivity index is 1.58. The van der Waals surface area contributed by atoms with E-state index >= 15 is 0 Å². The summed E-state index contributed by atoms with van der Waals surface area (Å²) in [5.74, 6) is -0.612. The average molecular weight is 437 g/mol. The first-order valence-electron chi connectivity index (χ1n) is 9.08. The molecule has 0 unspecified atom stereocenters. The lowest BCUT2D eigenvalue weighted by Crippen LogP contribution is -2.33. The van der Waals surface area contributed by atoms with E-state index < -0.39 is 11.5 Å². The summed E-state index contributed by atoms with van der Waals surface area (Å²) in [6.45, 7) is 1.22. The van der Waals surface area contributed by atoms with Gasteiger partial charge in [0.15, 0.2) is 5.16 Å². The molecule has 0 spiro atoms. The largest absolute Gasteiger partial charge is 0.376 e. The Kier molecular flexibility index (Phi) is 7.29. The number of aromatic nitrogens is 2. The Hall–Kier alpha value is -2.36. The molecule has 1 aromatic heterocycles. The van der Waals surface area contributed by atoms with E-state index in [4.69, 9.17) is 16.3 Å². The van der Waals surface area contributed by atoms with E-state index in [0.717, 1.165) is 31.2 Å². The number of hydrogen-bond acceptors (Lipinski definition) is 6. The van der Waals surface area contributed by atoms with E-state index in [0.29, 0.717) is 22.4 Å². The maximum Gasteiger partial charge on any atom is 0.266 e. The standard InChI is InChI=1S/C19H21ClN4O4S/c1-24-18(27)15(17(26)23-13-6-4-12(20)5-7-13)10-22-19(24)29-11-16(25)21-9-14-3-2-8-28-14/h4-7,10,14H,2-3,8-9,11H2,1H3,(H,21,25)(H,23,26)/t14-/m1/s1. The second kappa shape index (κ2) is 9.91. The van der Waals surface area contributed by atoms with Gasteiger partial charge in [-0.25, -0.2) is 4.98 Å². The fraction of sp³-hybridized carbons (Fsp3) is 0.368. The number of thioether (sulfide) groups is 1. The molecule has 0 radical (unpaired) electrons. The fourth-order valence-corrected chi connectivity index (χ4v) is 3.66. The zero-order chi connectivity index (χ0) is 20.8. The van der Waals surface area contributed by atoms with Crippen molar-refractivity contribution in [3.63, 3.8) is 0 Å². The lowest BCUT2D eigenvalue weighted by atomic mass is 10.2. The topological polar surface area (TPSA) is 102 Å². The quantitative estimate of drug-likeness (QED) is 0.509. The lowest BCUT2D eigenvalue weighted by molar-refractivity contribution is -0.119. The van der Waals surface area contributed by atoms with Crippen LogP contribution in [0.5, 0.6) is 0 Å². The van der Waals surface area contributed by atoms with Crippen molar-refractivity contribution >= 4 is 40.9 Å². The van der Waals surface area contributed by atoms with Crippen LogP contribution in [-0.2, 0) is 16.6 Å². The molecule has 2 N–H and O–H groups in total. The summed E-state index contributed by atoms with van der Waals surface area (Å²) in [7, 11) is 1.51. The van der Waals surface area contributed by atoms with Gasteiger partial charge in [0.1, 0.15) is 5.56 Å². The van der Waals surface area contributed by atoms with Crippen LogP contribution >= 0.6 is 23.4 Å². The zero-order valence-corrected chi connectivity index (χ0v) is 17.4. The number of anilines is 1. The van der Waals surface area contributed by atoms with Crippen molar-refractivity contribution in [2.75, 3.05) is 24.2 Å². The van der Waals surface area contributed by atoms with Gasteiger partial charge in [-0.2, -0.15) is 0 Å². The monoisotopic (exact) mass is 436 g/mol. The number of benzene rings is 1. The zero-order valence-electron chi connectivity index (χ0n) is 15.8. The van der Waals surface area contributed by atoms with Crippen molar-refractivity contribution in [3.8, 4) is 0 Å². The second-order valence-corrected chi connectivity index (χ2v) is 7.89. The number of carbonyl (C=O) groups is 2. The van der Waals surface area contributed by atoms with Crippen molar-refractivity contribution in [1.29, 1.82) is 0 Å². The molecule has 1 aliphatic heterocycles. The number of amides is 2. The average Bonchev–Trinajstić information content (AvgIpc) is 3.23. The van der Waals surface area contributed by atoms with E-state index in [1.807, 2.05) is 0 Å². The summed E-state index contributed by atoms with van der Waals surface area (Å²) in [6, 6.07) is 6.55. The molecule has 154 valence electrons. The summed E-state index contributed by atoms with van der Waals surface area (Å²) in [6.07, 6.45) is 3.26. The fourth-order valence-electron chi connectivity index (χ4n) is 2.76. The lowest BCUT2D eigenvalue weighted by Gasteiger charge is -2.11. The summed E-state index contributed by atoms with van der Waals surface area (Å²) < 4.78 is 6.72. The number of hydrogen-bond donors (Lipinski definition) is 2. The third kappa shape index (κ3) is 5.81. The van der Waals surface area contributed by atoms with Gasteiger partial charge in [-0.3, -0.25) is 19.0 Å². The van der Waals surface area contributed by atoms with Crippen molar-refractivity contribution in [1.82, 2.24) is 14.9 Å². The number of ether oxygens (including phenoxy) is 1. The molecule has 2 heterocycles. The molecule has 3 rings (SSSR count). The minimum atomic E-state index is -0.564. The molecule has 1 fully saturated rings. The summed E-state index contributed by atoms with van der Waals surface area (Å²) in [5.41, 5.74) is -0.0637. The van der Waals surface area contributed by atoms with Gasteiger partial charge in [0.05, 0.1) is 11.9 Å². The van der Waals surface area contributed by atoms with Gasteiger partial charge in [-0.05, 0) is 37.1 Å². The highest BCUT2D eigenvalue weighted by atomic mass is 35.5. The number of rotatable bonds is 7. The molecule has 8 nitrogen and oxygen atoms in total. The molecule has 1 aromatic carbocycles. The predicted molar refractivity (Wildman–Crippen MR) is 112 cm³/mol. The molecule has 1 aliphatic rings. The number of halogens is 1.